The van der Waals surface area contributed by atoms with E-state index in [0.717, 1.165) is 36.7 Å². The average Bonchev–Trinajstić information content (AvgIpc) is 3.08. The van der Waals surface area contributed by atoms with Gasteiger partial charge in [-0.2, -0.15) is 0 Å². The lowest BCUT2D eigenvalue weighted by Gasteiger charge is -2.61. The lowest BCUT2D eigenvalue weighted by Crippen LogP contribution is -2.54. The highest BCUT2D eigenvalue weighted by molar-refractivity contribution is 5.19. The van der Waals surface area contributed by atoms with Crippen LogP contribution < -0.4 is 0 Å². The molecule has 11 atom stereocenters. The Balaban J connectivity index is 1.31. The topological polar surface area (TPSA) is 18.5 Å². The standard InChI is InChI=1S/C28H46O2/c1-18-11-15-28(29-17-18)19(2)24-26(4)14-12-22-21(23(26)16-27(24,5)30-28)10-9-20-8-6-7-13-25(20,22)3/h18-24H,6-17H2,1-5H3/t18-,19-,20-,21+,22-,23-,24+,25-,26-,27-,28+/m0/s1. The molecule has 170 valence electrons. The van der Waals surface area contributed by atoms with Gasteiger partial charge in [-0.25, -0.2) is 0 Å². The van der Waals surface area contributed by atoms with Crippen LogP contribution in [-0.2, 0) is 9.47 Å². The van der Waals surface area contributed by atoms with Crippen molar-refractivity contribution in [2.75, 3.05) is 6.61 Å². The molecule has 0 bridgehead atoms. The molecule has 2 saturated heterocycles. The van der Waals surface area contributed by atoms with Gasteiger partial charge in [0.25, 0.3) is 0 Å². The van der Waals surface area contributed by atoms with E-state index >= 15 is 0 Å². The van der Waals surface area contributed by atoms with Crippen LogP contribution in [0.5, 0.6) is 0 Å². The molecule has 2 heteroatoms. The molecule has 4 saturated carbocycles. The normalized spacial score (nSPS) is 62.5. The second-order valence-corrected chi connectivity index (χ2v) is 13.6. The second-order valence-electron chi connectivity index (χ2n) is 13.6. The molecule has 6 aliphatic rings. The predicted molar refractivity (Wildman–Crippen MR) is 121 cm³/mol. The van der Waals surface area contributed by atoms with Crippen LogP contribution in [0.2, 0.25) is 0 Å². The molecular weight excluding hydrogens is 368 g/mol. The Morgan fingerprint density at radius 1 is 0.767 bits per heavy atom. The van der Waals surface area contributed by atoms with Gasteiger partial charge >= 0.3 is 0 Å². The Kier molecular flexibility index (Phi) is 4.44. The van der Waals surface area contributed by atoms with Gasteiger partial charge in [-0.15, -0.1) is 0 Å². The van der Waals surface area contributed by atoms with Crippen LogP contribution in [0.25, 0.3) is 0 Å². The molecule has 1 spiro atoms. The van der Waals surface area contributed by atoms with Crippen LogP contribution >= 0.6 is 0 Å². The highest BCUT2D eigenvalue weighted by Crippen LogP contribution is 2.74. The first-order valence-electron chi connectivity index (χ1n) is 13.6. The fourth-order valence-corrected chi connectivity index (χ4v) is 10.9. The van der Waals surface area contributed by atoms with Crippen LogP contribution in [0, 0.1) is 52.3 Å². The summed E-state index contributed by atoms with van der Waals surface area (Å²) < 4.78 is 13.7. The van der Waals surface area contributed by atoms with Crippen molar-refractivity contribution in [3.05, 3.63) is 0 Å². The summed E-state index contributed by atoms with van der Waals surface area (Å²) in [6, 6.07) is 0. The van der Waals surface area contributed by atoms with Crippen LogP contribution in [-0.4, -0.2) is 18.0 Å². The summed E-state index contributed by atoms with van der Waals surface area (Å²) >= 11 is 0. The van der Waals surface area contributed by atoms with Gasteiger partial charge in [-0.1, -0.05) is 40.5 Å². The summed E-state index contributed by atoms with van der Waals surface area (Å²) in [5.74, 6) is 5.41. The molecule has 0 amide bonds. The lowest BCUT2D eigenvalue weighted by molar-refractivity contribution is -0.288. The summed E-state index contributed by atoms with van der Waals surface area (Å²) in [5, 5.41) is 0. The molecule has 0 unspecified atom stereocenters. The van der Waals surface area contributed by atoms with Gasteiger partial charge < -0.3 is 9.47 Å². The molecule has 6 fully saturated rings. The minimum Gasteiger partial charge on any atom is -0.349 e. The van der Waals surface area contributed by atoms with Crippen LogP contribution in [0.1, 0.15) is 105 Å². The van der Waals surface area contributed by atoms with E-state index in [1.165, 1.54) is 64.2 Å². The Morgan fingerprint density at radius 3 is 2.37 bits per heavy atom. The monoisotopic (exact) mass is 414 g/mol. The zero-order valence-corrected chi connectivity index (χ0v) is 20.3. The molecule has 0 aromatic heterocycles. The van der Waals surface area contributed by atoms with E-state index in [1.54, 1.807) is 0 Å². The van der Waals surface area contributed by atoms with E-state index in [0.29, 0.717) is 28.6 Å². The summed E-state index contributed by atoms with van der Waals surface area (Å²) in [7, 11) is 0. The molecule has 2 aliphatic heterocycles. The molecule has 2 nitrogen and oxygen atoms in total. The summed E-state index contributed by atoms with van der Waals surface area (Å²) in [6.45, 7) is 13.6. The predicted octanol–water partition coefficient (Wildman–Crippen LogP) is 7.21. The zero-order chi connectivity index (χ0) is 20.9. The first-order valence-corrected chi connectivity index (χ1v) is 13.6. The summed E-state index contributed by atoms with van der Waals surface area (Å²) in [6.07, 6.45) is 15.6. The van der Waals surface area contributed by atoms with E-state index in [1.807, 2.05) is 0 Å². The van der Waals surface area contributed by atoms with Crippen molar-refractivity contribution >= 4 is 0 Å². The number of hydrogen-bond acceptors (Lipinski definition) is 2. The Hall–Kier alpha value is -0.0800. The van der Waals surface area contributed by atoms with Gasteiger partial charge in [0.05, 0.1) is 12.2 Å². The van der Waals surface area contributed by atoms with E-state index in [-0.39, 0.29) is 11.4 Å². The van der Waals surface area contributed by atoms with Gasteiger partial charge in [-0.05, 0) is 98.7 Å². The summed E-state index contributed by atoms with van der Waals surface area (Å²) in [4.78, 5) is 0. The van der Waals surface area contributed by atoms with E-state index in [9.17, 15) is 0 Å². The minimum atomic E-state index is -0.288. The third-order valence-corrected chi connectivity index (χ3v) is 12.2. The number of hydrogen-bond donors (Lipinski definition) is 0. The van der Waals surface area contributed by atoms with Gasteiger partial charge in [0.15, 0.2) is 5.79 Å². The number of ether oxygens (including phenoxy) is 2. The average molecular weight is 415 g/mol. The first kappa shape index (κ1) is 20.5. The smallest absolute Gasteiger partial charge is 0.171 e. The van der Waals surface area contributed by atoms with Gasteiger partial charge in [0.2, 0.25) is 0 Å². The Bertz CT molecular complexity index is 695. The molecule has 2 heterocycles. The SMILES string of the molecule is C[C@H]1CC[C@@]2(OC1)O[C@@]1(C)C[C@H]3[C@@H]4CC[C@@H]5CCCC[C@]5(C)[C@H]4CC[C@]3(C)[C@H]1[C@@H]2C. The number of fused-ring (bicyclic) bond motifs is 7. The zero-order valence-electron chi connectivity index (χ0n) is 20.3. The molecule has 6 rings (SSSR count). The van der Waals surface area contributed by atoms with Crippen molar-refractivity contribution in [3.63, 3.8) is 0 Å². The van der Waals surface area contributed by atoms with Crippen molar-refractivity contribution in [1.29, 1.82) is 0 Å². The van der Waals surface area contributed by atoms with Crippen LogP contribution in [0.4, 0.5) is 0 Å². The van der Waals surface area contributed by atoms with Crippen molar-refractivity contribution in [3.8, 4) is 0 Å². The second kappa shape index (κ2) is 6.49. The van der Waals surface area contributed by atoms with E-state index < -0.39 is 0 Å². The van der Waals surface area contributed by atoms with Crippen molar-refractivity contribution < 1.29 is 9.47 Å². The largest absolute Gasteiger partial charge is 0.349 e. The van der Waals surface area contributed by atoms with Crippen LogP contribution in [0.15, 0.2) is 0 Å². The maximum absolute atomic E-state index is 7.11. The minimum absolute atomic E-state index is 0.0264. The fourth-order valence-electron chi connectivity index (χ4n) is 10.9. The Morgan fingerprint density at radius 2 is 1.60 bits per heavy atom. The Labute approximate surface area is 185 Å². The molecule has 4 aliphatic carbocycles. The fraction of sp³-hybridized carbons (Fsp3) is 1.00. The van der Waals surface area contributed by atoms with E-state index in [2.05, 4.69) is 34.6 Å². The highest BCUT2D eigenvalue weighted by Gasteiger charge is 2.73. The third-order valence-electron chi connectivity index (χ3n) is 12.2. The van der Waals surface area contributed by atoms with Crippen LogP contribution in [0.3, 0.4) is 0 Å². The molecule has 0 radical (unpaired) electrons. The molecule has 0 aromatic carbocycles. The summed E-state index contributed by atoms with van der Waals surface area (Å²) in [5.41, 5.74) is 1.11. The van der Waals surface area contributed by atoms with Crippen molar-refractivity contribution in [1.82, 2.24) is 0 Å². The molecule has 0 aromatic rings. The highest BCUT2D eigenvalue weighted by atomic mass is 16.7. The van der Waals surface area contributed by atoms with Crippen molar-refractivity contribution in [2.24, 2.45) is 52.3 Å². The van der Waals surface area contributed by atoms with Gasteiger partial charge in [0, 0.05) is 18.3 Å². The van der Waals surface area contributed by atoms with Crippen molar-refractivity contribution in [2.45, 2.75) is 117 Å². The maximum Gasteiger partial charge on any atom is 0.171 e. The number of rotatable bonds is 0. The quantitative estimate of drug-likeness (QED) is 0.417. The molecule has 30 heavy (non-hydrogen) atoms. The molecular formula is C28H46O2. The molecule has 0 N–H and O–H groups in total. The maximum atomic E-state index is 7.11. The van der Waals surface area contributed by atoms with Gasteiger partial charge in [0.1, 0.15) is 0 Å². The lowest BCUT2D eigenvalue weighted by atomic mass is 9.44. The third kappa shape index (κ3) is 2.50. The first-order chi connectivity index (χ1) is 14.2. The van der Waals surface area contributed by atoms with Gasteiger partial charge in [-0.3, -0.25) is 0 Å². The van der Waals surface area contributed by atoms with E-state index in [4.69, 9.17) is 9.47 Å².